The maximum Gasteiger partial charge on any atom is 0.309 e. The van der Waals surface area contributed by atoms with Crippen LogP contribution in [-0.4, -0.2) is 22.4 Å². The lowest BCUT2D eigenvalue weighted by Crippen LogP contribution is -2.43. The topological polar surface area (TPSA) is 53.6 Å². The number of carbonyl (C=O) groups is 2. The predicted octanol–water partition coefficient (Wildman–Crippen LogP) is 3.68. The molecular weight excluding hydrogens is 378 g/mol. The number of hydrogen-bond donors (Lipinski definition) is 0. The number of hydrazone groups is 1. The molecule has 0 N–H and O–H groups in total. The zero-order chi connectivity index (χ0) is 18.8. The quantitative estimate of drug-likeness (QED) is 0.488. The van der Waals surface area contributed by atoms with Gasteiger partial charge in [0.15, 0.2) is 18.2 Å². The average molecular weight is 397 g/mol. The fourth-order valence-electron chi connectivity index (χ4n) is 3.09. The van der Waals surface area contributed by atoms with E-state index in [1.54, 1.807) is 56.8 Å². The summed E-state index contributed by atoms with van der Waals surface area (Å²) in [6.07, 6.45) is 4.22. The minimum absolute atomic E-state index is 0.0209. The number of thiophene rings is 2. The predicted molar refractivity (Wildman–Crippen MR) is 106 cm³/mol. The van der Waals surface area contributed by atoms with Crippen molar-refractivity contribution in [2.45, 2.75) is 25.9 Å². The lowest BCUT2D eigenvalue weighted by molar-refractivity contribution is -0.685. The molecule has 1 amide bonds. The summed E-state index contributed by atoms with van der Waals surface area (Å²) in [4.78, 5) is 26.9. The lowest BCUT2D eigenvalue weighted by atomic mass is 10.1. The third-order valence-corrected chi connectivity index (χ3v) is 6.32. The Morgan fingerprint density at radius 2 is 2.00 bits per heavy atom. The molecule has 0 saturated heterocycles. The smallest absolute Gasteiger partial charge is 0.294 e. The Hall–Kier alpha value is -2.64. The number of rotatable bonds is 5. The first-order valence-corrected chi connectivity index (χ1v) is 10.3. The molecule has 4 rings (SSSR count). The van der Waals surface area contributed by atoms with Crippen molar-refractivity contribution in [1.82, 2.24) is 5.01 Å². The van der Waals surface area contributed by atoms with Crippen molar-refractivity contribution < 1.29 is 14.2 Å². The molecule has 0 fully saturated rings. The van der Waals surface area contributed by atoms with Crippen molar-refractivity contribution in [3.63, 3.8) is 0 Å². The van der Waals surface area contributed by atoms with E-state index in [-0.39, 0.29) is 24.3 Å². The van der Waals surface area contributed by atoms with Crippen LogP contribution < -0.4 is 4.57 Å². The van der Waals surface area contributed by atoms with Gasteiger partial charge < -0.3 is 0 Å². The number of ketones is 1. The third kappa shape index (κ3) is 3.74. The standard InChI is InChI=1S/C20H18N3O2S2/c1-14(24)15-5-2-8-22(12-15)13-20(25)23-17(19-7-4-10-27-19)11-16(21-23)18-6-3-9-26-18/h2-10,12,17H,11,13H2,1H3/q+1/t17-/m0/s1. The van der Waals surface area contributed by atoms with Gasteiger partial charge in [-0.2, -0.15) is 9.67 Å². The third-order valence-electron chi connectivity index (χ3n) is 4.43. The molecule has 1 atom stereocenters. The Kier molecular flexibility index (Phi) is 4.96. The largest absolute Gasteiger partial charge is 0.309 e. The van der Waals surface area contributed by atoms with Crippen LogP contribution in [0.4, 0.5) is 0 Å². The molecule has 27 heavy (non-hydrogen) atoms. The van der Waals surface area contributed by atoms with Crippen LogP contribution in [0.3, 0.4) is 0 Å². The molecule has 136 valence electrons. The molecule has 0 aliphatic carbocycles. The maximum absolute atomic E-state index is 13.0. The van der Waals surface area contributed by atoms with Crippen LogP contribution >= 0.6 is 22.7 Å². The number of pyridine rings is 1. The second-order valence-electron chi connectivity index (χ2n) is 6.32. The van der Waals surface area contributed by atoms with E-state index in [0.29, 0.717) is 12.0 Å². The lowest BCUT2D eigenvalue weighted by Gasteiger charge is -2.19. The highest BCUT2D eigenvalue weighted by Gasteiger charge is 2.35. The Morgan fingerprint density at radius 1 is 1.19 bits per heavy atom. The van der Waals surface area contributed by atoms with E-state index in [4.69, 9.17) is 0 Å². The molecule has 0 unspecified atom stereocenters. The van der Waals surface area contributed by atoms with Gasteiger partial charge in [-0.25, -0.2) is 5.01 Å². The second-order valence-corrected chi connectivity index (χ2v) is 8.25. The van der Waals surface area contributed by atoms with E-state index in [0.717, 1.165) is 15.5 Å². The fraction of sp³-hybridized carbons (Fsp3) is 0.200. The van der Waals surface area contributed by atoms with Crippen LogP contribution in [-0.2, 0) is 11.3 Å². The normalized spacial score (nSPS) is 16.4. The van der Waals surface area contributed by atoms with E-state index in [2.05, 4.69) is 5.10 Å². The van der Waals surface area contributed by atoms with Crippen LogP contribution in [0.15, 0.2) is 64.7 Å². The van der Waals surface area contributed by atoms with Crippen LogP contribution in [0.2, 0.25) is 0 Å². The molecule has 0 saturated carbocycles. The summed E-state index contributed by atoms with van der Waals surface area (Å²) < 4.78 is 1.74. The van der Waals surface area contributed by atoms with E-state index in [9.17, 15) is 9.59 Å². The SMILES string of the molecule is CC(=O)c1ccc[n+](CC(=O)N2N=C(c3cccs3)C[C@H]2c2cccs2)c1. The van der Waals surface area contributed by atoms with E-state index >= 15 is 0 Å². The Morgan fingerprint density at radius 3 is 2.70 bits per heavy atom. The van der Waals surface area contributed by atoms with Crippen molar-refractivity contribution in [1.29, 1.82) is 0 Å². The molecule has 3 aromatic heterocycles. The van der Waals surface area contributed by atoms with Gasteiger partial charge in [-0.3, -0.25) is 9.59 Å². The summed E-state index contributed by atoms with van der Waals surface area (Å²) in [5, 5.41) is 10.3. The molecule has 1 aliphatic rings. The Bertz CT molecular complexity index is 994. The molecule has 0 spiro atoms. The van der Waals surface area contributed by atoms with Gasteiger partial charge in [0.05, 0.1) is 22.2 Å². The molecule has 7 heteroatoms. The van der Waals surface area contributed by atoms with Crippen molar-refractivity contribution in [3.05, 3.63) is 74.9 Å². The highest BCUT2D eigenvalue weighted by Crippen LogP contribution is 2.35. The van der Waals surface area contributed by atoms with Crippen molar-refractivity contribution in [2.24, 2.45) is 5.10 Å². The second kappa shape index (κ2) is 7.54. The highest BCUT2D eigenvalue weighted by molar-refractivity contribution is 7.12. The first kappa shape index (κ1) is 17.8. The zero-order valence-corrected chi connectivity index (χ0v) is 16.4. The van der Waals surface area contributed by atoms with Gasteiger partial charge in [0.1, 0.15) is 0 Å². The summed E-state index contributed by atoms with van der Waals surface area (Å²) in [6, 6.07) is 11.5. The average Bonchev–Trinajstić information content (AvgIpc) is 3.41. The minimum atomic E-state index is -0.0920. The van der Waals surface area contributed by atoms with Crippen LogP contribution in [0.25, 0.3) is 0 Å². The highest BCUT2D eigenvalue weighted by atomic mass is 32.1. The maximum atomic E-state index is 13.0. The van der Waals surface area contributed by atoms with E-state index in [1.807, 2.05) is 35.0 Å². The molecule has 0 radical (unpaired) electrons. The molecule has 4 heterocycles. The number of aromatic nitrogens is 1. The van der Waals surface area contributed by atoms with Gasteiger partial charge in [0, 0.05) is 17.4 Å². The summed E-state index contributed by atoms with van der Waals surface area (Å²) in [5.41, 5.74) is 1.53. The van der Waals surface area contributed by atoms with Gasteiger partial charge in [0.25, 0.3) is 0 Å². The molecule has 0 aromatic carbocycles. The number of nitrogens with zero attached hydrogens (tertiary/aromatic N) is 3. The molecule has 1 aliphatic heterocycles. The van der Waals surface area contributed by atoms with Gasteiger partial charge in [-0.1, -0.05) is 12.1 Å². The van der Waals surface area contributed by atoms with Crippen molar-refractivity contribution in [3.8, 4) is 0 Å². The zero-order valence-electron chi connectivity index (χ0n) is 14.7. The summed E-state index contributed by atoms with van der Waals surface area (Å²) in [5.74, 6) is -0.113. The van der Waals surface area contributed by atoms with Crippen LogP contribution in [0.5, 0.6) is 0 Å². The Labute approximate surface area is 165 Å². The van der Waals surface area contributed by atoms with Crippen molar-refractivity contribution >= 4 is 40.1 Å². The first-order chi connectivity index (χ1) is 13.1. The summed E-state index contributed by atoms with van der Waals surface area (Å²) in [6.45, 7) is 1.66. The number of hydrogen-bond acceptors (Lipinski definition) is 5. The number of carbonyl (C=O) groups excluding carboxylic acids is 2. The van der Waals surface area contributed by atoms with E-state index in [1.165, 1.54) is 6.92 Å². The van der Waals surface area contributed by atoms with Gasteiger partial charge in [-0.15, -0.1) is 22.7 Å². The van der Waals surface area contributed by atoms with Crippen LogP contribution in [0.1, 0.15) is 39.5 Å². The number of amides is 1. The molecule has 3 aromatic rings. The van der Waals surface area contributed by atoms with E-state index < -0.39 is 0 Å². The molecule has 0 bridgehead atoms. The fourth-order valence-corrected chi connectivity index (χ4v) is 4.62. The van der Waals surface area contributed by atoms with Crippen molar-refractivity contribution in [2.75, 3.05) is 0 Å². The summed E-state index contributed by atoms with van der Waals surface area (Å²) in [7, 11) is 0. The summed E-state index contributed by atoms with van der Waals surface area (Å²) >= 11 is 3.27. The monoisotopic (exact) mass is 396 g/mol. The minimum Gasteiger partial charge on any atom is -0.294 e. The Balaban J connectivity index is 1.61. The van der Waals surface area contributed by atoms with Gasteiger partial charge in [-0.05, 0) is 35.9 Å². The van der Waals surface area contributed by atoms with Gasteiger partial charge in [0.2, 0.25) is 6.54 Å². The molecular formula is C20H18N3O2S2+. The first-order valence-electron chi connectivity index (χ1n) is 8.58. The molecule has 5 nitrogen and oxygen atoms in total. The van der Waals surface area contributed by atoms with Crippen LogP contribution in [0, 0.1) is 0 Å². The van der Waals surface area contributed by atoms with Gasteiger partial charge >= 0.3 is 5.91 Å². The number of Topliss-reactive ketones (excluding diaryl/α,β-unsaturated/α-hetero) is 1.